The number of rotatable bonds is 7. The summed E-state index contributed by atoms with van der Waals surface area (Å²) in [4.78, 5) is 23.2. The summed E-state index contributed by atoms with van der Waals surface area (Å²) in [6, 6.07) is 8.06. The first-order chi connectivity index (χ1) is 14.9. The summed E-state index contributed by atoms with van der Waals surface area (Å²) >= 11 is 0. The van der Waals surface area contributed by atoms with Gasteiger partial charge in [0.25, 0.3) is 5.91 Å². The SMILES string of the molecule is CCNC(=NCCc1cccc(C(=O)N(C)C)c1)NC1CCc2nc(C(C)C)nn2C1.I. The molecule has 2 aromatic rings. The lowest BCUT2D eigenvalue weighted by atomic mass is 10.1. The number of amides is 1. The maximum absolute atomic E-state index is 12.2. The largest absolute Gasteiger partial charge is 0.357 e. The van der Waals surface area contributed by atoms with Crippen molar-refractivity contribution in [3.05, 3.63) is 47.0 Å². The zero-order chi connectivity index (χ0) is 22.4. The number of benzene rings is 1. The van der Waals surface area contributed by atoms with E-state index in [4.69, 9.17) is 4.99 Å². The predicted molar refractivity (Wildman–Crippen MR) is 139 cm³/mol. The van der Waals surface area contributed by atoms with Gasteiger partial charge in [0.05, 0.1) is 6.54 Å². The van der Waals surface area contributed by atoms with Crippen LogP contribution in [0.15, 0.2) is 29.3 Å². The molecular weight excluding hydrogens is 517 g/mol. The normalized spacial score (nSPS) is 15.7. The third kappa shape index (κ3) is 6.91. The van der Waals surface area contributed by atoms with Gasteiger partial charge in [-0.05, 0) is 37.5 Å². The van der Waals surface area contributed by atoms with Gasteiger partial charge < -0.3 is 15.5 Å². The van der Waals surface area contributed by atoms with Crippen molar-refractivity contribution in [1.29, 1.82) is 0 Å². The highest BCUT2D eigenvalue weighted by Crippen LogP contribution is 2.17. The molecule has 0 saturated heterocycles. The lowest BCUT2D eigenvalue weighted by Crippen LogP contribution is -2.47. The van der Waals surface area contributed by atoms with Crippen LogP contribution in [0.1, 0.15) is 60.7 Å². The Morgan fingerprint density at radius 2 is 2.12 bits per heavy atom. The molecule has 1 atom stereocenters. The molecule has 3 rings (SSSR count). The number of nitrogens with zero attached hydrogens (tertiary/aromatic N) is 5. The van der Waals surface area contributed by atoms with E-state index in [-0.39, 0.29) is 35.9 Å². The molecule has 176 valence electrons. The summed E-state index contributed by atoms with van der Waals surface area (Å²) in [5, 5.41) is 11.6. The number of hydrogen-bond donors (Lipinski definition) is 2. The van der Waals surface area contributed by atoms with E-state index < -0.39 is 0 Å². The first-order valence-electron chi connectivity index (χ1n) is 11.2. The Hall–Kier alpha value is -2.17. The minimum atomic E-state index is 0. The highest BCUT2D eigenvalue weighted by atomic mass is 127. The average molecular weight is 553 g/mol. The monoisotopic (exact) mass is 553 g/mol. The highest BCUT2D eigenvalue weighted by Gasteiger charge is 2.23. The van der Waals surface area contributed by atoms with Crippen LogP contribution < -0.4 is 10.6 Å². The number of aliphatic imine (C=N–C) groups is 1. The first kappa shape index (κ1) is 26.1. The van der Waals surface area contributed by atoms with Crippen LogP contribution in [0.2, 0.25) is 0 Å². The van der Waals surface area contributed by atoms with E-state index in [0.29, 0.717) is 18.0 Å². The molecule has 1 aliphatic heterocycles. The van der Waals surface area contributed by atoms with Gasteiger partial charge >= 0.3 is 0 Å². The molecule has 2 heterocycles. The topological polar surface area (TPSA) is 87.4 Å². The van der Waals surface area contributed by atoms with Crippen molar-refractivity contribution in [2.24, 2.45) is 4.99 Å². The van der Waals surface area contributed by atoms with Crippen LogP contribution in [0.3, 0.4) is 0 Å². The number of guanidine groups is 1. The van der Waals surface area contributed by atoms with Crippen LogP contribution in [0, 0.1) is 0 Å². The van der Waals surface area contributed by atoms with Crippen LogP contribution in [0.4, 0.5) is 0 Å². The van der Waals surface area contributed by atoms with Crippen LogP contribution in [0.25, 0.3) is 0 Å². The summed E-state index contributed by atoms with van der Waals surface area (Å²) in [5.74, 6) is 3.18. The molecule has 0 spiro atoms. The summed E-state index contributed by atoms with van der Waals surface area (Å²) in [5.41, 5.74) is 1.82. The smallest absolute Gasteiger partial charge is 0.253 e. The number of carbonyl (C=O) groups is 1. The number of halogens is 1. The molecule has 0 fully saturated rings. The van der Waals surface area contributed by atoms with Crippen molar-refractivity contribution in [2.45, 2.75) is 58.5 Å². The summed E-state index contributed by atoms with van der Waals surface area (Å²) < 4.78 is 2.04. The minimum absolute atomic E-state index is 0. The molecule has 1 amide bonds. The highest BCUT2D eigenvalue weighted by molar-refractivity contribution is 14.0. The zero-order valence-electron chi connectivity index (χ0n) is 19.8. The van der Waals surface area contributed by atoms with Crippen molar-refractivity contribution in [1.82, 2.24) is 30.3 Å². The molecule has 0 saturated carbocycles. The number of nitrogens with one attached hydrogen (secondary N) is 2. The number of aryl methyl sites for hydroxylation is 1. The quantitative estimate of drug-likeness (QED) is 0.313. The Kier molecular flexibility index (Phi) is 9.92. The van der Waals surface area contributed by atoms with Crippen molar-refractivity contribution >= 4 is 35.8 Å². The first-order valence-corrected chi connectivity index (χ1v) is 11.2. The van der Waals surface area contributed by atoms with Crippen molar-refractivity contribution in [2.75, 3.05) is 27.2 Å². The van der Waals surface area contributed by atoms with E-state index >= 15 is 0 Å². The zero-order valence-corrected chi connectivity index (χ0v) is 22.1. The average Bonchev–Trinajstić information content (AvgIpc) is 3.17. The van der Waals surface area contributed by atoms with Gasteiger partial charge in [0.1, 0.15) is 5.82 Å². The third-order valence-corrected chi connectivity index (χ3v) is 5.33. The second kappa shape index (κ2) is 12.2. The predicted octanol–water partition coefficient (Wildman–Crippen LogP) is 2.83. The van der Waals surface area contributed by atoms with E-state index in [9.17, 15) is 4.79 Å². The van der Waals surface area contributed by atoms with E-state index in [2.05, 4.69) is 41.5 Å². The molecule has 8 nitrogen and oxygen atoms in total. The van der Waals surface area contributed by atoms with E-state index in [1.165, 1.54) is 0 Å². The number of aromatic nitrogens is 3. The van der Waals surface area contributed by atoms with Gasteiger partial charge in [-0.1, -0.05) is 26.0 Å². The molecular formula is C23H36IN7O. The van der Waals surface area contributed by atoms with E-state index in [1.807, 2.05) is 28.9 Å². The number of carbonyl (C=O) groups excluding carboxylic acids is 1. The van der Waals surface area contributed by atoms with E-state index in [1.54, 1.807) is 19.0 Å². The maximum atomic E-state index is 12.2. The van der Waals surface area contributed by atoms with Crippen molar-refractivity contribution in [3.8, 4) is 0 Å². The van der Waals surface area contributed by atoms with Gasteiger partial charge in [0.15, 0.2) is 11.8 Å². The molecule has 0 radical (unpaired) electrons. The lowest BCUT2D eigenvalue weighted by molar-refractivity contribution is 0.0827. The van der Waals surface area contributed by atoms with Crippen molar-refractivity contribution in [3.63, 3.8) is 0 Å². The Morgan fingerprint density at radius 3 is 2.81 bits per heavy atom. The summed E-state index contributed by atoms with van der Waals surface area (Å²) in [6.07, 6.45) is 2.71. The van der Waals surface area contributed by atoms with Gasteiger partial charge in [-0.3, -0.25) is 9.79 Å². The molecule has 32 heavy (non-hydrogen) atoms. The molecule has 2 N–H and O–H groups in total. The fourth-order valence-electron chi connectivity index (χ4n) is 3.62. The van der Waals surface area contributed by atoms with E-state index in [0.717, 1.165) is 55.5 Å². The lowest BCUT2D eigenvalue weighted by Gasteiger charge is -2.25. The third-order valence-electron chi connectivity index (χ3n) is 5.33. The Bertz CT molecular complexity index is 923. The van der Waals surface area contributed by atoms with Gasteiger partial charge in [-0.2, -0.15) is 5.10 Å². The molecule has 1 unspecified atom stereocenters. The second-order valence-corrected chi connectivity index (χ2v) is 8.51. The Labute approximate surface area is 208 Å². The maximum Gasteiger partial charge on any atom is 0.253 e. The van der Waals surface area contributed by atoms with Gasteiger partial charge in [0.2, 0.25) is 0 Å². The molecule has 1 aromatic heterocycles. The Morgan fingerprint density at radius 1 is 1.34 bits per heavy atom. The Balaban J connectivity index is 0.00000363. The standard InChI is InChI=1S/C23H35N7O.HI/c1-6-24-23(25-13-12-17-8-7-9-18(14-17)22(31)29(4)5)26-19-10-11-20-27-21(16(2)3)28-30(20)15-19;/h7-9,14,16,19H,6,10-13,15H2,1-5H3,(H2,24,25,26);1H. The fourth-order valence-corrected chi connectivity index (χ4v) is 3.62. The van der Waals surface area contributed by atoms with Crippen molar-refractivity contribution < 1.29 is 4.79 Å². The van der Waals surface area contributed by atoms with Gasteiger partial charge in [0, 0.05) is 51.1 Å². The van der Waals surface area contributed by atoms with Crippen LogP contribution in [-0.2, 0) is 19.4 Å². The second-order valence-electron chi connectivity index (χ2n) is 8.51. The van der Waals surface area contributed by atoms with Crippen LogP contribution in [0.5, 0.6) is 0 Å². The van der Waals surface area contributed by atoms with Crippen LogP contribution >= 0.6 is 24.0 Å². The molecule has 1 aliphatic rings. The molecule has 0 aliphatic carbocycles. The number of fused-ring (bicyclic) bond motifs is 1. The van der Waals surface area contributed by atoms with Gasteiger partial charge in [-0.15, -0.1) is 24.0 Å². The minimum Gasteiger partial charge on any atom is -0.357 e. The summed E-state index contributed by atoms with van der Waals surface area (Å²) in [6.45, 7) is 8.57. The number of hydrogen-bond acceptors (Lipinski definition) is 4. The molecule has 9 heteroatoms. The molecule has 0 bridgehead atoms. The van der Waals surface area contributed by atoms with Gasteiger partial charge in [-0.25, -0.2) is 9.67 Å². The fraction of sp³-hybridized carbons (Fsp3) is 0.565. The summed E-state index contributed by atoms with van der Waals surface area (Å²) in [7, 11) is 3.54. The molecule has 1 aromatic carbocycles. The van der Waals surface area contributed by atoms with Crippen LogP contribution in [-0.4, -0.2) is 64.8 Å².